The highest BCUT2D eigenvalue weighted by molar-refractivity contribution is 8.01. The molecular weight excluding hydrogens is 154 g/mol. The number of hydrogen-bond donors (Lipinski definition) is 0. The highest BCUT2D eigenvalue weighted by Crippen LogP contribution is 2.41. The molecule has 0 N–H and O–H groups in total. The van der Waals surface area contributed by atoms with Crippen molar-refractivity contribution >= 4 is 11.8 Å². The van der Waals surface area contributed by atoms with Crippen LogP contribution in [0.1, 0.15) is 25.7 Å². The zero-order chi connectivity index (χ0) is 8.16. The third kappa shape index (κ3) is 2.00. The topological polar surface area (TPSA) is 23.8 Å². The first-order valence-electron chi connectivity index (χ1n) is 3.99. The van der Waals surface area contributed by atoms with Crippen LogP contribution in [-0.2, 0) is 0 Å². The predicted octanol–water partition coefficient (Wildman–Crippen LogP) is 2.74. The van der Waals surface area contributed by atoms with Crippen LogP contribution in [-0.4, -0.2) is 10.5 Å². The normalized spacial score (nSPS) is 29.7. The quantitative estimate of drug-likeness (QED) is 0.603. The van der Waals surface area contributed by atoms with Gasteiger partial charge in [0.05, 0.1) is 6.07 Å². The monoisotopic (exact) mass is 167 g/mol. The van der Waals surface area contributed by atoms with Gasteiger partial charge in [-0.05, 0) is 31.4 Å². The Hall–Kier alpha value is -0.420. The maximum atomic E-state index is 8.94. The molecule has 0 bridgehead atoms. The van der Waals surface area contributed by atoms with Gasteiger partial charge in [-0.25, -0.2) is 0 Å². The summed E-state index contributed by atoms with van der Waals surface area (Å²) in [6.07, 6.45) is 6.13. The van der Waals surface area contributed by atoms with E-state index in [0.29, 0.717) is 0 Å². The second-order valence-corrected chi connectivity index (χ2v) is 4.36. The molecule has 1 heterocycles. The van der Waals surface area contributed by atoms with Gasteiger partial charge in [0.15, 0.2) is 0 Å². The summed E-state index contributed by atoms with van der Waals surface area (Å²) in [5.41, 5.74) is 0. The number of nitrogens with zero attached hydrogens (tertiary/aromatic N) is 1. The molecular formula is C9H13NS. The van der Waals surface area contributed by atoms with Crippen LogP contribution in [0.15, 0.2) is 12.7 Å². The van der Waals surface area contributed by atoms with Crippen molar-refractivity contribution in [2.45, 2.75) is 30.4 Å². The summed E-state index contributed by atoms with van der Waals surface area (Å²) in [6, 6.07) is 2.43. The molecule has 11 heavy (non-hydrogen) atoms. The SMILES string of the molecule is C=CCCC1(C#N)CCCS1. The molecule has 2 heteroatoms. The molecule has 0 radical (unpaired) electrons. The lowest BCUT2D eigenvalue weighted by Crippen LogP contribution is -2.17. The van der Waals surface area contributed by atoms with Crippen molar-refractivity contribution in [2.24, 2.45) is 0 Å². The van der Waals surface area contributed by atoms with E-state index < -0.39 is 0 Å². The van der Waals surface area contributed by atoms with Gasteiger partial charge in [-0.1, -0.05) is 6.08 Å². The van der Waals surface area contributed by atoms with Crippen molar-refractivity contribution in [1.82, 2.24) is 0 Å². The molecule has 0 aliphatic carbocycles. The van der Waals surface area contributed by atoms with Gasteiger partial charge in [0, 0.05) is 0 Å². The Balaban J connectivity index is 2.47. The lowest BCUT2D eigenvalue weighted by atomic mass is 9.99. The second-order valence-electron chi connectivity index (χ2n) is 2.89. The van der Waals surface area contributed by atoms with Gasteiger partial charge < -0.3 is 0 Å². The predicted molar refractivity (Wildman–Crippen MR) is 49.5 cm³/mol. The summed E-state index contributed by atoms with van der Waals surface area (Å²) in [4.78, 5) is 0. The molecule has 1 nitrogen and oxygen atoms in total. The lowest BCUT2D eigenvalue weighted by molar-refractivity contribution is 0.628. The van der Waals surface area contributed by atoms with Crippen LogP contribution in [0.3, 0.4) is 0 Å². The molecule has 60 valence electrons. The van der Waals surface area contributed by atoms with Gasteiger partial charge in [0.2, 0.25) is 0 Å². The van der Waals surface area contributed by atoms with Crippen LogP contribution in [0.25, 0.3) is 0 Å². The maximum Gasteiger partial charge on any atom is 0.103 e. The van der Waals surface area contributed by atoms with Crippen molar-refractivity contribution < 1.29 is 0 Å². The van der Waals surface area contributed by atoms with Gasteiger partial charge in [0.25, 0.3) is 0 Å². The van der Waals surface area contributed by atoms with Crippen molar-refractivity contribution in [2.75, 3.05) is 5.75 Å². The Morgan fingerprint density at radius 1 is 1.73 bits per heavy atom. The summed E-state index contributed by atoms with van der Waals surface area (Å²) < 4.78 is -0.0613. The first-order valence-corrected chi connectivity index (χ1v) is 4.98. The van der Waals surface area contributed by atoms with E-state index in [1.807, 2.05) is 17.8 Å². The zero-order valence-corrected chi connectivity index (χ0v) is 7.49. The molecule has 0 amide bonds. The van der Waals surface area contributed by atoms with E-state index in [1.54, 1.807) is 0 Å². The summed E-state index contributed by atoms with van der Waals surface area (Å²) in [6.45, 7) is 3.67. The average molecular weight is 167 g/mol. The van der Waals surface area contributed by atoms with Crippen LogP contribution in [0.2, 0.25) is 0 Å². The first-order chi connectivity index (χ1) is 5.33. The van der Waals surface area contributed by atoms with Crippen LogP contribution in [0.5, 0.6) is 0 Å². The first kappa shape index (κ1) is 8.67. The zero-order valence-electron chi connectivity index (χ0n) is 6.68. The fourth-order valence-electron chi connectivity index (χ4n) is 1.37. The molecule has 1 unspecified atom stereocenters. The molecule has 1 aliphatic heterocycles. The molecule has 1 atom stereocenters. The van der Waals surface area contributed by atoms with E-state index in [2.05, 4.69) is 12.6 Å². The molecule has 1 fully saturated rings. The van der Waals surface area contributed by atoms with Crippen molar-refractivity contribution in [3.8, 4) is 6.07 Å². The van der Waals surface area contributed by atoms with E-state index >= 15 is 0 Å². The van der Waals surface area contributed by atoms with Crippen LogP contribution >= 0.6 is 11.8 Å². The number of nitriles is 1. The van der Waals surface area contributed by atoms with Gasteiger partial charge in [0.1, 0.15) is 4.75 Å². The Labute approximate surface area is 72.5 Å². The van der Waals surface area contributed by atoms with E-state index in [9.17, 15) is 0 Å². The Kier molecular flexibility index (Phi) is 3.02. The molecule has 0 aromatic carbocycles. The van der Waals surface area contributed by atoms with Gasteiger partial charge in [-0.3, -0.25) is 0 Å². The lowest BCUT2D eigenvalue weighted by Gasteiger charge is -2.17. The second kappa shape index (κ2) is 3.82. The van der Waals surface area contributed by atoms with Crippen LogP contribution < -0.4 is 0 Å². The van der Waals surface area contributed by atoms with E-state index in [0.717, 1.165) is 25.0 Å². The van der Waals surface area contributed by atoms with E-state index in [4.69, 9.17) is 5.26 Å². The Morgan fingerprint density at radius 2 is 2.55 bits per heavy atom. The third-order valence-electron chi connectivity index (χ3n) is 2.06. The Bertz CT molecular complexity index is 174. The highest BCUT2D eigenvalue weighted by Gasteiger charge is 2.33. The van der Waals surface area contributed by atoms with Crippen molar-refractivity contribution in [3.05, 3.63) is 12.7 Å². The maximum absolute atomic E-state index is 8.94. The molecule has 0 aromatic rings. The minimum absolute atomic E-state index is 0.0613. The standard InChI is InChI=1S/C9H13NS/c1-2-3-5-9(8-10)6-4-7-11-9/h2H,1,3-7H2. The van der Waals surface area contributed by atoms with Gasteiger partial charge in [-0.2, -0.15) is 5.26 Å². The van der Waals surface area contributed by atoms with Crippen molar-refractivity contribution in [3.63, 3.8) is 0 Å². The average Bonchev–Trinajstić information content (AvgIpc) is 2.50. The molecule has 1 aliphatic rings. The van der Waals surface area contributed by atoms with Crippen LogP contribution in [0.4, 0.5) is 0 Å². The van der Waals surface area contributed by atoms with E-state index in [-0.39, 0.29) is 4.75 Å². The molecule has 0 aromatic heterocycles. The summed E-state index contributed by atoms with van der Waals surface area (Å²) in [5.74, 6) is 1.16. The van der Waals surface area contributed by atoms with Crippen molar-refractivity contribution in [1.29, 1.82) is 5.26 Å². The molecule has 0 saturated carbocycles. The van der Waals surface area contributed by atoms with E-state index in [1.165, 1.54) is 6.42 Å². The number of allylic oxidation sites excluding steroid dienone is 1. The Morgan fingerprint density at radius 3 is 3.00 bits per heavy atom. The highest BCUT2D eigenvalue weighted by atomic mass is 32.2. The molecule has 1 saturated heterocycles. The summed E-state index contributed by atoms with van der Waals surface area (Å²) in [7, 11) is 0. The minimum atomic E-state index is -0.0613. The summed E-state index contributed by atoms with van der Waals surface area (Å²) >= 11 is 1.82. The largest absolute Gasteiger partial charge is 0.197 e. The third-order valence-corrected chi connectivity index (χ3v) is 3.60. The minimum Gasteiger partial charge on any atom is -0.197 e. The fourth-order valence-corrected chi connectivity index (χ4v) is 2.67. The summed E-state index contributed by atoms with van der Waals surface area (Å²) in [5, 5.41) is 8.94. The van der Waals surface area contributed by atoms with Gasteiger partial charge >= 0.3 is 0 Å². The smallest absolute Gasteiger partial charge is 0.103 e. The molecule has 0 spiro atoms. The van der Waals surface area contributed by atoms with Crippen LogP contribution in [0, 0.1) is 11.3 Å². The van der Waals surface area contributed by atoms with Gasteiger partial charge in [-0.15, -0.1) is 18.3 Å². The number of thioether (sulfide) groups is 1. The number of rotatable bonds is 3. The fraction of sp³-hybridized carbons (Fsp3) is 0.667. The molecule has 1 rings (SSSR count). The number of hydrogen-bond acceptors (Lipinski definition) is 2.